The van der Waals surface area contributed by atoms with Crippen LogP contribution in [0.5, 0.6) is 11.5 Å². The first-order valence-electron chi connectivity index (χ1n) is 8.56. The summed E-state index contributed by atoms with van der Waals surface area (Å²) in [5.74, 6) is -0.0509. The quantitative estimate of drug-likeness (QED) is 0.400. The van der Waals surface area contributed by atoms with Gasteiger partial charge in [-0.15, -0.1) is 0 Å². The van der Waals surface area contributed by atoms with E-state index in [0.29, 0.717) is 16.5 Å². The van der Waals surface area contributed by atoms with Crippen molar-refractivity contribution >= 4 is 56.7 Å². The van der Waals surface area contributed by atoms with Gasteiger partial charge in [-0.1, -0.05) is 36.7 Å². The average Bonchev–Trinajstić information content (AvgIpc) is 2.70. The molecule has 0 saturated heterocycles. The van der Waals surface area contributed by atoms with Crippen LogP contribution in [0.15, 0.2) is 46.9 Å². The van der Waals surface area contributed by atoms with Gasteiger partial charge in [-0.3, -0.25) is 25.8 Å². The van der Waals surface area contributed by atoms with Crippen molar-refractivity contribution in [1.82, 2.24) is 16.2 Å². The number of amides is 2. The number of benzene rings is 2. The predicted molar refractivity (Wildman–Crippen MR) is 118 cm³/mol. The molecular formula is C19H19BrClN3O4S. The second kappa shape index (κ2) is 11.6. The van der Waals surface area contributed by atoms with Crippen LogP contribution >= 0.6 is 39.7 Å². The first kappa shape index (κ1) is 22.9. The highest BCUT2D eigenvalue weighted by Gasteiger charge is 2.09. The maximum absolute atomic E-state index is 11.9. The molecule has 10 heteroatoms. The Bertz CT molecular complexity index is 898. The molecule has 2 amide bonds. The van der Waals surface area contributed by atoms with E-state index in [4.69, 9.17) is 33.3 Å². The van der Waals surface area contributed by atoms with Crippen molar-refractivity contribution < 1.29 is 19.1 Å². The van der Waals surface area contributed by atoms with Crippen LogP contribution in [-0.4, -0.2) is 30.1 Å². The standard InChI is InChI=1S/C19H19BrClN3O4S/c1-2-12-7-8-15(13(20)9-12)27-11-18(26)23-24-19(29)22-17(25)10-28-16-6-4-3-5-14(16)21/h3-9H,2,10-11H2,1H3,(H,23,26)(H2,22,24,25,29). The molecule has 0 fully saturated rings. The molecule has 0 bridgehead atoms. The Hall–Kier alpha value is -2.36. The highest BCUT2D eigenvalue weighted by molar-refractivity contribution is 9.10. The lowest BCUT2D eigenvalue weighted by Crippen LogP contribution is -2.50. The van der Waals surface area contributed by atoms with Crippen molar-refractivity contribution in [1.29, 1.82) is 0 Å². The van der Waals surface area contributed by atoms with Crippen molar-refractivity contribution in [3.8, 4) is 11.5 Å². The van der Waals surface area contributed by atoms with Gasteiger partial charge in [0.05, 0.1) is 9.50 Å². The molecule has 0 radical (unpaired) electrons. The van der Waals surface area contributed by atoms with Crippen LogP contribution in [0.2, 0.25) is 5.02 Å². The van der Waals surface area contributed by atoms with Gasteiger partial charge >= 0.3 is 0 Å². The molecule has 29 heavy (non-hydrogen) atoms. The largest absolute Gasteiger partial charge is 0.483 e. The van der Waals surface area contributed by atoms with Gasteiger partial charge < -0.3 is 9.47 Å². The van der Waals surface area contributed by atoms with E-state index in [2.05, 4.69) is 32.1 Å². The van der Waals surface area contributed by atoms with Gasteiger partial charge in [0.1, 0.15) is 11.5 Å². The summed E-state index contributed by atoms with van der Waals surface area (Å²) in [6, 6.07) is 12.4. The number of nitrogens with one attached hydrogen (secondary N) is 3. The van der Waals surface area contributed by atoms with E-state index >= 15 is 0 Å². The Morgan fingerprint density at radius 2 is 1.72 bits per heavy atom. The Morgan fingerprint density at radius 1 is 1.03 bits per heavy atom. The van der Waals surface area contributed by atoms with E-state index in [1.807, 2.05) is 19.1 Å². The summed E-state index contributed by atoms with van der Waals surface area (Å²) < 4.78 is 11.5. The predicted octanol–water partition coefficient (Wildman–Crippen LogP) is 3.14. The van der Waals surface area contributed by atoms with Gasteiger partial charge in [-0.25, -0.2) is 0 Å². The molecule has 7 nitrogen and oxygen atoms in total. The molecular weight excluding hydrogens is 482 g/mol. The van der Waals surface area contributed by atoms with Gasteiger partial charge in [-0.2, -0.15) is 0 Å². The summed E-state index contributed by atoms with van der Waals surface area (Å²) in [5.41, 5.74) is 5.90. The Labute approximate surface area is 187 Å². The summed E-state index contributed by atoms with van der Waals surface area (Å²) in [6.07, 6.45) is 0.899. The zero-order valence-corrected chi connectivity index (χ0v) is 18.6. The van der Waals surface area contributed by atoms with Crippen molar-refractivity contribution in [3.63, 3.8) is 0 Å². The summed E-state index contributed by atoms with van der Waals surface area (Å²) in [4.78, 5) is 23.7. The smallest absolute Gasteiger partial charge is 0.276 e. The normalized spacial score (nSPS) is 10.0. The van der Waals surface area contributed by atoms with Gasteiger partial charge in [0.15, 0.2) is 18.3 Å². The molecule has 0 aromatic heterocycles. The average molecular weight is 501 g/mol. The third-order valence-corrected chi connectivity index (χ3v) is 4.66. The minimum Gasteiger partial charge on any atom is -0.483 e. The van der Waals surface area contributed by atoms with Crippen molar-refractivity contribution in [2.75, 3.05) is 13.2 Å². The number of thiocarbonyl (C=S) groups is 1. The van der Waals surface area contributed by atoms with E-state index in [1.54, 1.807) is 30.3 Å². The molecule has 154 valence electrons. The summed E-state index contributed by atoms with van der Waals surface area (Å²) in [7, 11) is 0. The van der Waals surface area contributed by atoms with Crippen molar-refractivity contribution in [2.45, 2.75) is 13.3 Å². The first-order chi connectivity index (χ1) is 13.9. The van der Waals surface area contributed by atoms with Gasteiger partial charge in [-0.05, 0) is 64.4 Å². The Balaban J connectivity index is 1.68. The number of ether oxygens (including phenoxy) is 2. The molecule has 0 saturated carbocycles. The third-order valence-electron chi connectivity index (χ3n) is 3.53. The lowest BCUT2D eigenvalue weighted by atomic mass is 10.2. The van der Waals surface area contributed by atoms with Crippen molar-refractivity contribution in [2.24, 2.45) is 0 Å². The highest BCUT2D eigenvalue weighted by Crippen LogP contribution is 2.26. The number of carbonyl (C=O) groups excluding carboxylic acids is 2. The maximum Gasteiger partial charge on any atom is 0.276 e. The SMILES string of the molecule is CCc1ccc(OCC(=O)NNC(=S)NC(=O)COc2ccccc2Cl)c(Br)c1. The minimum atomic E-state index is -0.507. The zero-order valence-electron chi connectivity index (χ0n) is 15.5. The summed E-state index contributed by atoms with van der Waals surface area (Å²) in [5, 5.41) is 2.68. The molecule has 0 aliphatic carbocycles. The second-order valence-electron chi connectivity index (χ2n) is 5.68. The van der Waals surface area contributed by atoms with Gasteiger partial charge in [0, 0.05) is 0 Å². The molecule has 2 rings (SSSR count). The Morgan fingerprint density at radius 3 is 2.41 bits per heavy atom. The zero-order chi connectivity index (χ0) is 21.2. The van der Waals surface area contributed by atoms with Gasteiger partial charge in [0.25, 0.3) is 11.8 Å². The van der Waals surface area contributed by atoms with E-state index in [1.165, 1.54) is 0 Å². The van der Waals surface area contributed by atoms with E-state index in [9.17, 15) is 9.59 Å². The lowest BCUT2D eigenvalue weighted by molar-refractivity contribution is -0.124. The summed E-state index contributed by atoms with van der Waals surface area (Å²) in [6.45, 7) is 1.53. The molecule has 0 spiro atoms. The van der Waals surface area contributed by atoms with Crippen LogP contribution < -0.4 is 25.6 Å². The van der Waals surface area contributed by atoms with Crippen LogP contribution in [0.25, 0.3) is 0 Å². The summed E-state index contributed by atoms with van der Waals surface area (Å²) >= 11 is 14.3. The number of halogens is 2. The molecule has 0 unspecified atom stereocenters. The second-order valence-corrected chi connectivity index (χ2v) is 7.35. The highest BCUT2D eigenvalue weighted by atomic mass is 79.9. The fourth-order valence-corrected chi connectivity index (χ4v) is 2.98. The van der Waals surface area contributed by atoms with Crippen molar-refractivity contribution in [3.05, 3.63) is 57.5 Å². The molecule has 0 aliphatic heterocycles. The number of hydrazine groups is 1. The Kier molecular flexibility index (Phi) is 9.17. The monoisotopic (exact) mass is 499 g/mol. The molecule has 0 atom stereocenters. The number of para-hydroxylation sites is 1. The number of hydrogen-bond acceptors (Lipinski definition) is 5. The number of rotatable bonds is 7. The number of hydrogen-bond donors (Lipinski definition) is 3. The number of aryl methyl sites for hydroxylation is 1. The molecule has 0 aliphatic rings. The third kappa shape index (κ3) is 7.88. The maximum atomic E-state index is 11.9. The fourth-order valence-electron chi connectivity index (χ4n) is 2.09. The van der Waals surface area contributed by atoms with Crippen LogP contribution in [0.1, 0.15) is 12.5 Å². The minimum absolute atomic E-state index is 0.0837. The lowest BCUT2D eigenvalue weighted by Gasteiger charge is -2.13. The van der Waals surface area contributed by atoms with E-state index < -0.39 is 11.8 Å². The first-order valence-corrected chi connectivity index (χ1v) is 10.1. The van der Waals surface area contributed by atoms with Crippen LogP contribution in [0, 0.1) is 0 Å². The van der Waals surface area contributed by atoms with Crippen LogP contribution in [0.4, 0.5) is 0 Å². The fraction of sp³-hybridized carbons (Fsp3) is 0.211. The molecule has 2 aromatic carbocycles. The van der Waals surface area contributed by atoms with Crippen LogP contribution in [0.3, 0.4) is 0 Å². The van der Waals surface area contributed by atoms with E-state index in [-0.39, 0.29) is 18.3 Å². The topological polar surface area (TPSA) is 88.7 Å². The van der Waals surface area contributed by atoms with Crippen LogP contribution in [-0.2, 0) is 16.0 Å². The number of carbonyl (C=O) groups is 2. The van der Waals surface area contributed by atoms with E-state index in [0.717, 1.165) is 16.5 Å². The van der Waals surface area contributed by atoms with Gasteiger partial charge in [0.2, 0.25) is 0 Å². The molecule has 3 N–H and O–H groups in total. The molecule has 0 heterocycles. The molecule has 2 aromatic rings.